The van der Waals surface area contributed by atoms with Crippen molar-refractivity contribution < 1.29 is 24.1 Å². The highest BCUT2D eigenvalue weighted by Gasteiger charge is 2.16. The molecule has 0 spiro atoms. The summed E-state index contributed by atoms with van der Waals surface area (Å²) >= 11 is 0. The molecule has 0 atom stereocenters. The van der Waals surface area contributed by atoms with Gasteiger partial charge in [-0.1, -0.05) is 6.07 Å². The van der Waals surface area contributed by atoms with Gasteiger partial charge in [-0.25, -0.2) is 4.98 Å². The summed E-state index contributed by atoms with van der Waals surface area (Å²) in [5, 5.41) is 10.8. The Hall–Kier alpha value is -4.12. The van der Waals surface area contributed by atoms with E-state index in [1.165, 1.54) is 6.42 Å². The lowest BCUT2D eigenvalue weighted by Gasteiger charge is -2.27. The number of ether oxygens (including phenoxy) is 3. The van der Waals surface area contributed by atoms with E-state index in [0.717, 1.165) is 76.4 Å². The first-order chi connectivity index (χ1) is 21.7. The number of carbonyl (C=O) groups is 1. The number of benzene rings is 1. The second-order valence-electron chi connectivity index (χ2n) is 11.2. The molecule has 0 unspecified atom stereocenters. The SMILES string of the molecule is O=C(Cc1ccc(Oc2ccnc3cc(OCCCN4CCOCC4)c(CO)cc23)cn1)c1cccc(N2CCCCC2)n1. The molecule has 0 saturated carbocycles. The third kappa shape index (κ3) is 7.50. The molecule has 2 aliphatic heterocycles. The molecule has 10 nitrogen and oxygen atoms in total. The number of rotatable bonds is 12. The van der Waals surface area contributed by atoms with E-state index in [1.54, 1.807) is 36.7 Å². The summed E-state index contributed by atoms with van der Waals surface area (Å²) in [4.78, 5) is 31.3. The molecule has 0 aliphatic carbocycles. The van der Waals surface area contributed by atoms with Crippen LogP contribution in [0.1, 0.15) is 47.4 Å². The average Bonchev–Trinajstić information content (AvgIpc) is 3.08. The Morgan fingerprint density at radius 1 is 0.955 bits per heavy atom. The van der Waals surface area contributed by atoms with E-state index in [0.29, 0.717) is 46.3 Å². The van der Waals surface area contributed by atoms with Gasteiger partial charge in [0.15, 0.2) is 5.78 Å². The van der Waals surface area contributed by atoms with Gasteiger partial charge < -0.3 is 24.2 Å². The fourth-order valence-corrected chi connectivity index (χ4v) is 5.67. The van der Waals surface area contributed by atoms with Crippen LogP contribution in [0.2, 0.25) is 0 Å². The molecule has 5 heterocycles. The maximum atomic E-state index is 13.0. The van der Waals surface area contributed by atoms with Crippen molar-refractivity contribution in [2.75, 3.05) is 57.4 Å². The lowest BCUT2D eigenvalue weighted by Crippen LogP contribution is -2.37. The van der Waals surface area contributed by atoms with Crippen LogP contribution in [-0.2, 0) is 17.8 Å². The monoisotopic (exact) mass is 597 g/mol. The van der Waals surface area contributed by atoms with E-state index >= 15 is 0 Å². The maximum absolute atomic E-state index is 13.0. The number of carbonyl (C=O) groups excluding carboxylic acids is 1. The number of Topliss-reactive ketones (excluding diaryl/α,β-unsaturated/α-hetero) is 1. The van der Waals surface area contributed by atoms with Crippen molar-refractivity contribution in [1.82, 2.24) is 19.9 Å². The molecule has 6 rings (SSSR count). The molecule has 0 amide bonds. The molecule has 2 fully saturated rings. The van der Waals surface area contributed by atoms with Crippen LogP contribution in [0.3, 0.4) is 0 Å². The van der Waals surface area contributed by atoms with Gasteiger partial charge in [0.25, 0.3) is 0 Å². The van der Waals surface area contributed by atoms with E-state index in [-0.39, 0.29) is 18.8 Å². The standard InChI is InChI=1S/C34H39N5O5/c40-24-25-20-28-30(22-33(25)43-17-5-12-38-15-18-42-19-16-38)35-11-10-32(28)44-27-9-8-26(36-23-27)21-31(41)29-6-4-7-34(37-29)39-13-2-1-3-14-39/h4,6-11,20,22-23,40H,1-3,5,12-19,21,24H2. The van der Waals surface area contributed by atoms with Crippen LogP contribution in [-0.4, -0.2) is 83.3 Å². The van der Waals surface area contributed by atoms with Crippen molar-refractivity contribution in [2.45, 2.75) is 38.7 Å². The molecule has 4 aromatic rings. The topological polar surface area (TPSA) is 110 Å². The fraction of sp³-hybridized carbons (Fsp3) is 0.412. The maximum Gasteiger partial charge on any atom is 0.187 e. The summed E-state index contributed by atoms with van der Waals surface area (Å²) in [6, 6.07) is 14.7. The molecule has 1 aromatic carbocycles. The zero-order chi connectivity index (χ0) is 30.1. The third-order valence-corrected chi connectivity index (χ3v) is 8.10. The number of nitrogens with zero attached hydrogens (tertiary/aromatic N) is 5. The number of hydrogen-bond acceptors (Lipinski definition) is 10. The third-order valence-electron chi connectivity index (χ3n) is 8.10. The van der Waals surface area contributed by atoms with Crippen LogP contribution in [0, 0.1) is 0 Å². The molecule has 2 aliphatic rings. The Kier molecular flexibility index (Phi) is 9.91. The number of aliphatic hydroxyl groups is 1. The number of anilines is 1. The Morgan fingerprint density at radius 3 is 2.61 bits per heavy atom. The van der Waals surface area contributed by atoms with Gasteiger partial charge in [0.1, 0.15) is 28.8 Å². The number of aliphatic hydroxyl groups excluding tert-OH is 1. The van der Waals surface area contributed by atoms with E-state index in [9.17, 15) is 9.90 Å². The minimum absolute atomic E-state index is 0.0687. The molecule has 44 heavy (non-hydrogen) atoms. The Labute approximate surface area is 257 Å². The smallest absolute Gasteiger partial charge is 0.187 e. The molecular formula is C34H39N5O5. The summed E-state index contributed by atoms with van der Waals surface area (Å²) in [6.45, 7) is 6.75. The van der Waals surface area contributed by atoms with Crippen LogP contribution in [0.25, 0.3) is 10.9 Å². The predicted octanol–water partition coefficient (Wildman–Crippen LogP) is 4.83. The average molecular weight is 598 g/mol. The molecule has 2 saturated heterocycles. The van der Waals surface area contributed by atoms with E-state index in [2.05, 4.69) is 24.8 Å². The van der Waals surface area contributed by atoms with Crippen molar-refractivity contribution in [3.05, 3.63) is 77.9 Å². The van der Waals surface area contributed by atoms with Gasteiger partial charge in [0.05, 0.1) is 44.6 Å². The first kappa shape index (κ1) is 29.9. The number of fused-ring (bicyclic) bond motifs is 1. The van der Waals surface area contributed by atoms with Gasteiger partial charge in [-0.3, -0.25) is 19.7 Å². The van der Waals surface area contributed by atoms with Crippen LogP contribution in [0.4, 0.5) is 5.82 Å². The van der Waals surface area contributed by atoms with Gasteiger partial charge in [-0.05, 0) is 62.1 Å². The highest BCUT2D eigenvalue weighted by Crippen LogP contribution is 2.33. The summed E-state index contributed by atoms with van der Waals surface area (Å²) in [6.07, 6.45) is 7.89. The first-order valence-corrected chi connectivity index (χ1v) is 15.5. The summed E-state index contributed by atoms with van der Waals surface area (Å²) in [5.74, 6) is 2.54. The van der Waals surface area contributed by atoms with Gasteiger partial charge in [0.2, 0.25) is 0 Å². The molecular weight excluding hydrogens is 558 g/mol. The van der Waals surface area contributed by atoms with Crippen molar-refractivity contribution in [3.8, 4) is 17.2 Å². The van der Waals surface area contributed by atoms with E-state index < -0.39 is 0 Å². The molecule has 0 radical (unpaired) electrons. The highest BCUT2D eigenvalue weighted by atomic mass is 16.5. The molecule has 1 N–H and O–H groups in total. The second-order valence-corrected chi connectivity index (χ2v) is 11.2. The molecule has 3 aromatic heterocycles. The Balaban J connectivity index is 1.08. The van der Waals surface area contributed by atoms with Crippen LogP contribution >= 0.6 is 0 Å². The Bertz CT molecular complexity index is 1550. The normalized spacial score (nSPS) is 15.8. The number of ketones is 1. The van der Waals surface area contributed by atoms with Crippen molar-refractivity contribution in [1.29, 1.82) is 0 Å². The molecule has 230 valence electrons. The number of pyridine rings is 3. The minimum Gasteiger partial charge on any atom is -0.493 e. The predicted molar refractivity (Wildman–Crippen MR) is 168 cm³/mol. The minimum atomic E-state index is -0.164. The lowest BCUT2D eigenvalue weighted by atomic mass is 10.1. The van der Waals surface area contributed by atoms with Crippen molar-refractivity contribution in [2.24, 2.45) is 0 Å². The van der Waals surface area contributed by atoms with Gasteiger partial charge >= 0.3 is 0 Å². The summed E-state index contributed by atoms with van der Waals surface area (Å²) < 4.78 is 17.6. The summed E-state index contributed by atoms with van der Waals surface area (Å²) in [7, 11) is 0. The van der Waals surface area contributed by atoms with E-state index in [4.69, 9.17) is 14.2 Å². The fourth-order valence-electron chi connectivity index (χ4n) is 5.67. The second kappa shape index (κ2) is 14.6. The number of morpholine rings is 1. The van der Waals surface area contributed by atoms with Crippen molar-refractivity contribution >= 4 is 22.5 Å². The number of piperidine rings is 1. The highest BCUT2D eigenvalue weighted by molar-refractivity contribution is 5.95. The lowest BCUT2D eigenvalue weighted by molar-refractivity contribution is 0.0357. The zero-order valence-electron chi connectivity index (χ0n) is 25.0. The number of hydrogen-bond donors (Lipinski definition) is 1. The van der Waals surface area contributed by atoms with Crippen LogP contribution in [0.5, 0.6) is 17.2 Å². The number of aromatic nitrogens is 3. The zero-order valence-corrected chi connectivity index (χ0v) is 25.0. The van der Waals surface area contributed by atoms with Crippen LogP contribution < -0.4 is 14.4 Å². The summed E-state index contributed by atoms with van der Waals surface area (Å²) in [5.41, 5.74) is 2.48. The molecule has 0 bridgehead atoms. The Morgan fingerprint density at radius 2 is 1.82 bits per heavy atom. The van der Waals surface area contributed by atoms with E-state index in [1.807, 2.05) is 24.3 Å². The van der Waals surface area contributed by atoms with Gasteiger partial charge in [-0.2, -0.15) is 0 Å². The van der Waals surface area contributed by atoms with Crippen molar-refractivity contribution in [3.63, 3.8) is 0 Å². The van der Waals surface area contributed by atoms with Gasteiger partial charge in [-0.15, -0.1) is 0 Å². The van der Waals surface area contributed by atoms with Gasteiger partial charge in [0, 0.05) is 61.6 Å². The quantitative estimate of drug-likeness (QED) is 0.180. The molecule has 10 heteroatoms. The first-order valence-electron chi connectivity index (χ1n) is 15.5. The van der Waals surface area contributed by atoms with Crippen LogP contribution in [0.15, 0.2) is 60.9 Å². The largest absolute Gasteiger partial charge is 0.493 e.